The molecule has 0 atom stereocenters. The van der Waals surface area contributed by atoms with Crippen LogP contribution in [0.15, 0.2) is 48.5 Å². The first-order valence-electron chi connectivity index (χ1n) is 10.7. The second-order valence-electron chi connectivity index (χ2n) is 7.69. The number of nitrogen functional groups attached to an aromatic ring is 1. The lowest BCUT2D eigenvalue weighted by Gasteiger charge is -2.13. The highest BCUT2D eigenvalue weighted by molar-refractivity contribution is 6.06. The van der Waals surface area contributed by atoms with E-state index in [4.69, 9.17) is 10.7 Å². The van der Waals surface area contributed by atoms with E-state index in [1.165, 1.54) is 0 Å². The fourth-order valence-electron chi connectivity index (χ4n) is 3.83. The number of nitrogens with two attached hydrogens (primary N) is 1. The molecule has 164 valence electrons. The van der Waals surface area contributed by atoms with Crippen molar-refractivity contribution < 1.29 is 7.65 Å². The number of fused-ring (bicyclic) bond motifs is 3. The van der Waals surface area contributed by atoms with Crippen molar-refractivity contribution in [3.05, 3.63) is 59.9 Å². The molecule has 7 heteroatoms. The Bertz CT molecular complexity index is 1240. The molecule has 7 nitrogen and oxygen atoms in total. The molecule has 31 heavy (non-hydrogen) atoms. The zero-order valence-corrected chi connectivity index (χ0v) is 18.0. The summed E-state index contributed by atoms with van der Waals surface area (Å²) in [5, 5.41) is 6.89. The van der Waals surface area contributed by atoms with Crippen molar-refractivity contribution in [3.8, 4) is 0 Å². The number of imidazole rings is 1. The lowest BCUT2D eigenvalue weighted by atomic mass is 10.2. The van der Waals surface area contributed by atoms with E-state index in [2.05, 4.69) is 27.1 Å². The molecule has 2 amide bonds. The van der Waals surface area contributed by atoms with Gasteiger partial charge in [0.05, 0.1) is 11.0 Å². The number of para-hydroxylation sites is 2. The van der Waals surface area contributed by atoms with Crippen LogP contribution in [-0.4, -0.2) is 27.1 Å². The third kappa shape index (κ3) is 4.30. The summed E-state index contributed by atoms with van der Waals surface area (Å²) in [5.41, 5.74) is 10.6. The van der Waals surface area contributed by atoms with Crippen LogP contribution in [-0.2, 0) is 13.0 Å². The van der Waals surface area contributed by atoms with Crippen LogP contribution < -0.4 is 16.4 Å². The van der Waals surface area contributed by atoms with Gasteiger partial charge in [-0.3, -0.25) is 0 Å². The molecule has 0 saturated heterocycles. The highest BCUT2D eigenvalue weighted by Crippen LogP contribution is 2.29. The van der Waals surface area contributed by atoms with Gasteiger partial charge in [0.15, 0.2) is 5.82 Å². The number of carbonyl (C=O) groups excluding carboxylic acids is 1. The molecule has 0 bridgehead atoms. The van der Waals surface area contributed by atoms with Gasteiger partial charge >= 0.3 is 6.03 Å². The number of rotatable bonds is 7. The number of hydrogen-bond donors (Lipinski definition) is 3. The fourth-order valence-corrected chi connectivity index (χ4v) is 3.83. The Morgan fingerprint density at radius 1 is 1.13 bits per heavy atom. The number of nitrogens with one attached hydrogen (secondary N) is 2. The molecule has 4 rings (SSSR count). The minimum absolute atomic E-state index is 0. The number of pyridine rings is 1. The lowest BCUT2D eigenvalue weighted by Crippen LogP contribution is -2.32. The van der Waals surface area contributed by atoms with E-state index < -0.39 is 0 Å². The van der Waals surface area contributed by atoms with E-state index in [1.807, 2.05) is 55.5 Å². The molecule has 0 aliphatic rings. The molecule has 0 aliphatic heterocycles. The van der Waals surface area contributed by atoms with Crippen molar-refractivity contribution in [1.29, 1.82) is 0 Å². The Morgan fingerprint density at radius 2 is 1.90 bits per heavy atom. The first-order valence-corrected chi connectivity index (χ1v) is 10.7. The van der Waals surface area contributed by atoms with Gasteiger partial charge in [-0.25, -0.2) is 14.8 Å². The van der Waals surface area contributed by atoms with Crippen molar-refractivity contribution in [2.24, 2.45) is 0 Å². The van der Waals surface area contributed by atoms with E-state index in [-0.39, 0.29) is 8.88 Å². The molecule has 0 aliphatic carbocycles. The van der Waals surface area contributed by atoms with Crippen molar-refractivity contribution in [3.63, 3.8) is 0 Å². The zero-order valence-electron chi connectivity index (χ0n) is 18.0. The van der Waals surface area contributed by atoms with Crippen LogP contribution in [0.4, 0.5) is 16.3 Å². The maximum Gasteiger partial charge on any atom is 0.319 e. The minimum atomic E-state index is -0.222. The van der Waals surface area contributed by atoms with E-state index in [0.29, 0.717) is 18.9 Å². The van der Waals surface area contributed by atoms with Gasteiger partial charge in [-0.15, -0.1) is 0 Å². The Labute approximate surface area is 184 Å². The molecule has 2 aromatic heterocycles. The van der Waals surface area contributed by atoms with E-state index in [1.54, 1.807) is 0 Å². The number of anilines is 2. The monoisotopic (exact) mass is 420 g/mol. The predicted octanol–water partition coefficient (Wildman–Crippen LogP) is 5.13. The number of hydrogen-bond acceptors (Lipinski definition) is 4. The Morgan fingerprint density at radius 3 is 2.71 bits per heavy atom. The second kappa shape index (κ2) is 9.04. The second-order valence-corrected chi connectivity index (χ2v) is 7.69. The summed E-state index contributed by atoms with van der Waals surface area (Å²) in [6, 6.07) is 15.5. The summed E-state index contributed by atoms with van der Waals surface area (Å²) < 4.78 is 2.18. The van der Waals surface area contributed by atoms with Gasteiger partial charge in [0.1, 0.15) is 11.3 Å². The van der Waals surface area contributed by atoms with Gasteiger partial charge in [-0.2, -0.15) is 0 Å². The Hall–Kier alpha value is -3.61. The Kier molecular flexibility index (Phi) is 6.02. The average molecular weight is 421 g/mol. The van der Waals surface area contributed by atoms with Crippen LogP contribution in [0.2, 0.25) is 0 Å². The predicted molar refractivity (Wildman–Crippen MR) is 130 cm³/mol. The summed E-state index contributed by atoms with van der Waals surface area (Å²) in [6.45, 7) is 5.20. The average Bonchev–Trinajstić information content (AvgIpc) is 3.13. The maximum atomic E-state index is 12.4. The topological polar surface area (TPSA) is 97.9 Å². The van der Waals surface area contributed by atoms with Crippen molar-refractivity contribution in [1.82, 2.24) is 19.9 Å². The number of aryl methyl sites for hydroxylation is 2. The standard InChI is InChI=1S/C24H28N6O.2H2/c1-3-4-13-20-29-21-22(17-10-6-8-12-19(17)27-23(21)25)30(20)15-14-26-24(31)28-18-11-7-5-9-16(18)2;;/h5-12H,3-4,13-15H2,1-2H3,(H2,25,27)(H2,26,28,31);2*1H. The molecule has 4 N–H and O–H groups in total. The van der Waals surface area contributed by atoms with Crippen LogP contribution in [0.25, 0.3) is 21.9 Å². The molecule has 0 unspecified atom stereocenters. The van der Waals surface area contributed by atoms with Crippen LogP contribution in [0.5, 0.6) is 0 Å². The van der Waals surface area contributed by atoms with Crippen LogP contribution in [0.3, 0.4) is 0 Å². The summed E-state index contributed by atoms with van der Waals surface area (Å²) in [5.74, 6) is 1.42. The van der Waals surface area contributed by atoms with E-state index >= 15 is 0 Å². The molecule has 0 radical (unpaired) electrons. The summed E-state index contributed by atoms with van der Waals surface area (Å²) in [6.07, 6.45) is 2.97. The van der Waals surface area contributed by atoms with Crippen molar-refractivity contribution in [2.75, 3.05) is 17.6 Å². The number of urea groups is 1. The lowest BCUT2D eigenvalue weighted by molar-refractivity contribution is 0.251. The van der Waals surface area contributed by atoms with Gasteiger partial charge in [0.2, 0.25) is 0 Å². The van der Waals surface area contributed by atoms with Gasteiger partial charge in [0.25, 0.3) is 0 Å². The molecule has 2 heterocycles. The first-order chi connectivity index (χ1) is 15.1. The highest BCUT2D eigenvalue weighted by atomic mass is 16.2. The molecular formula is C24H32N6O. The normalized spacial score (nSPS) is 11.2. The molecule has 0 spiro atoms. The summed E-state index contributed by atoms with van der Waals surface area (Å²) >= 11 is 0. The van der Waals surface area contributed by atoms with Gasteiger partial charge < -0.3 is 20.9 Å². The third-order valence-corrected chi connectivity index (χ3v) is 5.46. The maximum absolute atomic E-state index is 12.4. The van der Waals surface area contributed by atoms with Gasteiger partial charge in [-0.05, 0) is 31.0 Å². The SMILES string of the molecule is CCCCc1nc2c(N)nc3ccccc3c2n1CCNC(=O)Nc1ccccc1C.[HH].[HH]. The Balaban J connectivity index is 0.00000193. The smallest absolute Gasteiger partial charge is 0.319 e. The quantitative estimate of drug-likeness (QED) is 0.386. The zero-order chi connectivity index (χ0) is 21.8. The molecular weight excluding hydrogens is 388 g/mol. The number of amides is 2. The first kappa shape index (κ1) is 20.7. The van der Waals surface area contributed by atoms with E-state index in [9.17, 15) is 4.79 Å². The number of carbonyl (C=O) groups is 1. The van der Waals surface area contributed by atoms with E-state index in [0.717, 1.165) is 58.3 Å². The number of nitrogens with zero attached hydrogens (tertiary/aromatic N) is 3. The van der Waals surface area contributed by atoms with Crippen molar-refractivity contribution in [2.45, 2.75) is 39.7 Å². The molecule has 0 saturated carbocycles. The molecule has 4 aromatic rings. The molecule has 0 fully saturated rings. The van der Waals surface area contributed by atoms with Crippen LogP contribution in [0, 0.1) is 6.92 Å². The summed E-state index contributed by atoms with van der Waals surface area (Å²) in [4.78, 5) is 21.8. The van der Waals surface area contributed by atoms with Gasteiger partial charge in [-0.1, -0.05) is 49.7 Å². The highest BCUT2D eigenvalue weighted by Gasteiger charge is 2.17. The van der Waals surface area contributed by atoms with Gasteiger partial charge in [0, 0.05) is 33.4 Å². The number of benzene rings is 2. The van der Waals surface area contributed by atoms with Crippen LogP contribution in [0.1, 0.15) is 34.0 Å². The van der Waals surface area contributed by atoms with Crippen LogP contribution >= 0.6 is 0 Å². The third-order valence-electron chi connectivity index (χ3n) is 5.46. The largest absolute Gasteiger partial charge is 0.382 e. The summed E-state index contributed by atoms with van der Waals surface area (Å²) in [7, 11) is 0. The molecule has 2 aromatic carbocycles. The minimum Gasteiger partial charge on any atom is -0.382 e. The number of unbranched alkanes of at least 4 members (excludes halogenated alkanes) is 1. The van der Waals surface area contributed by atoms with Crippen molar-refractivity contribution >= 4 is 39.5 Å². The number of aromatic nitrogens is 3. The fraction of sp³-hybridized carbons (Fsp3) is 0.292.